The van der Waals surface area contributed by atoms with Crippen LogP contribution in [-0.4, -0.2) is 22.2 Å². The molecule has 2 aliphatic rings. The number of aromatic hydroxyl groups is 1. The van der Waals surface area contributed by atoms with E-state index in [9.17, 15) is 5.11 Å². The van der Waals surface area contributed by atoms with Crippen molar-refractivity contribution >= 4 is 17.3 Å². The second-order valence-electron chi connectivity index (χ2n) is 8.55. The summed E-state index contributed by atoms with van der Waals surface area (Å²) in [5.74, 6) is 4.45. The van der Waals surface area contributed by atoms with E-state index in [0.717, 1.165) is 29.2 Å². The monoisotopic (exact) mass is 374 g/mol. The third-order valence-electron chi connectivity index (χ3n) is 6.25. The van der Waals surface area contributed by atoms with Crippen LogP contribution in [0.4, 0.5) is 0 Å². The molecule has 3 heteroatoms. The van der Waals surface area contributed by atoms with Crippen molar-refractivity contribution in [3.8, 4) is 11.5 Å². The summed E-state index contributed by atoms with van der Waals surface area (Å²) >= 11 is 1.97. The van der Waals surface area contributed by atoms with Gasteiger partial charge in [0.2, 0.25) is 0 Å². The lowest BCUT2D eigenvalue weighted by atomic mass is 9.81. The minimum absolute atomic E-state index is 0.281. The van der Waals surface area contributed by atoms with Crippen molar-refractivity contribution in [1.29, 1.82) is 0 Å². The Kier molecular flexibility index (Phi) is 5.96. The Balaban J connectivity index is 1.92. The summed E-state index contributed by atoms with van der Waals surface area (Å²) in [6.45, 7) is 11.2. The van der Waals surface area contributed by atoms with E-state index in [4.69, 9.17) is 4.74 Å². The molecule has 0 aromatic heterocycles. The van der Waals surface area contributed by atoms with Crippen LogP contribution in [0, 0.1) is 5.92 Å². The lowest BCUT2D eigenvalue weighted by Crippen LogP contribution is -2.37. The summed E-state index contributed by atoms with van der Waals surface area (Å²) < 4.78 is 6.41. The van der Waals surface area contributed by atoms with Gasteiger partial charge in [0.15, 0.2) is 0 Å². The fraction of sp³-hybridized carbons (Fsp3) is 0.652. The van der Waals surface area contributed by atoms with Crippen LogP contribution in [0.5, 0.6) is 11.5 Å². The molecule has 0 aliphatic carbocycles. The molecule has 0 radical (unpaired) electrons. The molecule has 1 N–H and O–H groups in total. The molecule has 2 unspecified atom stereocenters. The first-order valence-corrected chi connectivity index (χ1v) is 11.4. The van der Waals surface area contributed by atoms with Gasteiger partial charge in [0.05, 0.1) is 5.56 Å². The van der Waals surface area contributed by atoms with Crippen molar-refractivity contribution in [2.45, 2.75) is 78.2 Å². The van der Waals surface area contributed by atoms with Crippen molar-refractivity contribution in [2.24, 2.45) is 5.92 Å². The van der Waals surface area contributed by atoms with E-state index in [1.54, 1.807) is 0 Å². The number of allylic oxidation sites excluding steroid dienone is 1. The maximum atomic E-state index is 10.9. The summed E-state index contributed by atoms with van der Waals surface area (Å²) in [6.07, 6.45) is 6.12. The smallest absolute Gasteiger partial charge is 0.132 e. The van der Waals surface area contributed by atoms with Gasteiger partial charge in [-0.3, -0.25) is 0 Å². The predicted molar refractivity (Wildman–Crippen MR) is 113 cm³/mol. The Bertz CT molecular complexity index is 690. The standard InChI is InChI=1S/C23H34O2S/c1-6-7-8-9-15(2)16(3)17-12-20(24)22-18-10-11-26-14-19(18)23(4,5)25-21(22)13-17/h12-13,15-16,24H,6-11,14H2,1-5H3. The zero-order chi connectivity index (χ0) is 18.9. The number of ether oxygens (including phenoxy) is 1. The molecule has 144 valence electrons. The van der Waals surface area contributed by atoms with E-state index in [0.29, 0.717) is 17.6 Å². The summed E-state index contributed by atoms with van der Waals surface area (Å²) in [5, 5.41) is 10.9. The first kappa shape index (κ1) is 19.7. The second kappa shape index (κ2) is 7.88. The normalized spacial score (nSPS) is 20.8. The minimum atomic E-state index is -0.281. The lowest BCUT2D eigenvalue weighted by Gasteiger charge is -2.39. The van der Waals surface area contributed by atoms with Crippen molar-refractivity contribution in [1.82, 2.24) is 0 Å². The van der Waals surface area contributed by atoms with E-state index in [-0.39, 0.29) is 5.60 Å². The molecule has 2 aliphatic heterocycles. The first-order valence-electron chi connectivity index (χ1n) is 10.2. The molecular weight excluding hydrogens is 340 g/mol. The van der Waals surface area contributed by atoms with E-state index in [2.05, 4.69) is 40.7 Å². The highest BCUT2D eigenvalue weighted by Gasteiger charge is 2.37. The first-order chi connectivity index (χ1) is 12.3. The van der Waals surface area contributed by atoms with E-state index in [1.165, 1.54) is 42.4 Å². The Morgan fingerprint density at radius 3 is 2.73 bits per heavy atom. The number of thioether (sulfide) groups is 1. The highest BCUT2D eigenvalue weighted by Crippen LogP contribution is 2.50. The van der Waals surface area contributed by atoms with Crippen LogP contribution in [0.15, 0.2) is 17.7 Å². The Hall–Kier alpha value is -1.09. The summed E-state index contributed by atoms with van der Waals surface area (Å²) in [7, 11) is 0. The number of benzene rings is 1. The molecule has 0 amide bonds. The number of phenols is 1. The zero-order valence-corrected chi connectivity index (χ0v) is 17.8. The van der Waals surface area contributed by atoms with Crippen molar-refractivity contribution < 1.29 is 9.84 Å². The fourth-order valence-corrected chi connectivity index (χ4v) is 5.52. The molecule has 0 saturated carbocycles. The maximum absolute atomic E-state index is 10.9. The fourth-order valence-electron chi connectivity index (χ4n) is 4.30. The second-order valence-corrected chi connectivity index (χ2v) is 9.65. The van der Waals surface area contributed by atoms with Gasteiger partial charge in [-0.25, -0.2) is 0 Å². The summed E-state index contributed by atoms with van der Waals surface area (Å²) in [5.41, 5.74) is 4.55. The molecule has 3 rings (SSSR count). The SMILES string of the molecule is CCCCCC(C)C(C)c1cc(O)c2c(c1)OC(C)(C)C1=C2CCSC1. The molecule has 2 nitrogen and oxygen atoms in total. The molecular formula is C23H34O2S. The van der Waals surface area contributed by atoms with Crippen LogP contribution in [0.1, 0.15) is 83.8 Å². The predicted octanol–water partition coefficient (Wildman–Crippen LogP) is 6.77. The lowest BCUT2D eigenvalue weighted by molar-refractivity contribution is 0.143. The van der Waals surface area contributed by atoms with Crippen LogP contribution in [0.2, 0.25) is 0 Å². The summed E-state index contributed by atoms with van der Waals surface area (Å²) in [6, 6.07) is 4.19. The molecule has 26 heavy (non-hydrogen) atoms. The topological polar surface area (TPSA) is 29.5 Å². The average molecular weight is 375 g/mol. The third-order valence-corrected chi connectivity index (χ3v) is 7.23. The quantitative estimate of drug-likeness (QED) is 0.557. The minimum Gasteiger partial charge on any atom is -0.507 e. The van der Waals surface area contributed by atoms with Crippen LogP contribution in [0.25, 0.3) is 5.57 Å². The number of hydrogen-bond donors (Lipinski definition) is 1. The van der Waals surface area contributed by atoms with Crippen molar-refractivity contribution in [3.05, 3.63) is 28.8 Å². The largest absolute Gasteiger partial charge is 0.507 e. The Labute approximate surface area is 163 Å². The van der Waals surface area contributed by atoms with Crippen molar-refractivity contribution in [3.63, 3.8) is 0 Å². The van der Waals surface area contributed by atoms with Gasteiger partial charge in [0, 0.05) is 5.75 Å². The van der Waals surface area contributed by atoms with E-state index < -0.39 is 0 Å². The van der Waals surface area contributed by atoms with Crippen LogP contribution < -0.4 is 4.74 Å². The Morgan fingerprint density at radius 1 is 1.23 bits per heavy atom. The molecule has 2 atom stereocenters. The van der Waals surface area contributed by atoms with Crippen molar-refractivity contribution in [2.75, 3.05) is 11.5 Å². The molecule has 0 saturated heterocycles. The highest BCUT2D eigenvalue weighted by atomic mass is 32.2. The molecule has 0 bridgehead atoms. The van der Waals surface area contributed by atoms with Gasteiger partial charge in [-0.1, -0.05) is 46.5 Å². The average Bonchev–Trinajstić information content (AvgIpc) is 2.60. The van der Waals surface area contributed by atoms with E-state index >= 15 is 0 Å². The molecule has 2 heterocycles. The van der Waals surface area contributed by atoms with E-state index in [1.807, 2.05) is 17.8 Å². The molecule has 0 spiro atoms. The number of fused-ring (bicyclic) bond motifs is 2. The summed E-state index contributed by atoms with van der Waals surface area (Å²) in [4.78, 5) is 0. The van der Waals surface area contributed by atoms with Crippen LogP contribution in [-0.2, 0) is 0 Å². The number of hydrogen-bond acceptors (Lipinski definition) is 3. The van der Waals surface area contributed by atoms with Crippen LogP contribution >= 0.6 is 11.8 Å². The highest BCUT2D eigenvalue weighted by molar-refractivity contribution is 7.99. The Morgan fingerprint density at radius 2 is 2.00 bits per heavy atom. The van der Waals surface area contributed by atoms with Crippen LogP contribution in [0.3, 0.4) is 0 Å². The molecule has 1 aromatic carbocycles. The maximum Gasteiger partial charge on any atom is 0.132 e. The van der Waals surface area contributed by atoms with Gasteiger partial charge >= 0.3 is 0 Å². The van der Waals surface area contributed by atoms with Gasteiger partial charge in [-0.2, -0.15) is 11.8 Å². The van der Waals surface area contributed by atoms with Gasteiger partial charge < -0.3 is 9.84 Å². The number of phenolic OH excluding ortho intramolecular Hbond substituents is 1. The van der Waals surface area contributed by atoms with Gasteiger partial charge in [-0.05, 0) is 66.7 Å². The molecule has 1 aromatic rings. The number of rotatable bonds is 6. The van der Waals surface area contributed by atoms with Gasteiger partial charge in [0.25, 0.3) is 0 Å². The van der Waals surface area contributed by atoms with Gasteiger partial charge in [-0.15, -0.1) is 0 Å². The third kappa shape index (κ3) is 3.78. The zero-order valence-electron chi connectivity index (χ0n) is 17.0. The van der Waals surface area contributed by atoms with Gasteiger partial charge in [0.1, 0.15) is 17.1 Å². The number of unbranched alkanes of at least 4 members (excludes halogenated alkanes) is 2. The molecule has 0 fully saturated rings.